The van der Waals surface area contributed by atoms with E-state index < -0.39 is 0 Å². The van der Waals surface area contributed by atoms with Crippen molar-refractivity contribution >= 4 is 28.4 Å². The van der Waals surface area contributed by atoms with Crippen LogP contribution in [0, 0.1) is 6.92 Å². The second kappa shape index (κ2) is 7.11. The fourth-order valence-electron chi connectivity index (χ4n) is 3.23. The third kappa shape index (κ3) is 3.84. The second-order valence-electron chi connectivity index (χ2n) is 6.35. The maximum Gasteiger partial charge on any atom is 0.203 e. The summed E-state index contributed by atoms with van der Waals surface area (Å²) in [5.41, 5.74) is 6.25. The summed E-state index contributed by atoms with van der Waals surface area (Å²) in [6.45, 7) is 5.33. The van der Waals surface area contributed by atoms with Gasteiger partial charge in [-0.15, -0.1) is 11.3 Å². The Morgan fingerprint density at radius 3 is 2.56 bits per heavy atom. The molecule has 0 radical (unpaired) electrons. The van der Waals surface area contributed by atoms with Gasteiger partial charge < -0.3 is 14.4 Å². The summed E-state index contributed by atoms with van der Waals surface area (Å²) in [5.74, 6) is -0.317. The van der Waals surface area contributed by atoms with Crippen molar-refractivity contribution in [1.82, 2.24) is 4.98 Å². The zero-order valence-corrected chi connectivity index (χ0v) is 15.1. The predicted molar refractivity (Wildman–Crippen MR) is 101 cm³/mol. The molecular formula is C18H22N4O2S. The summed E-state index contributed by atoms with van der Waals surface area (Å²) in [6, 6.07) is 8.45. The summed E-state index contributed by atoms with van der Waals surface area (Å²) >= 11 is 1.55. The first-order chi connectivity index (χ1) is 12.2. The fourth-order valence-corrected chi connectivity index (χ4v) is 3.87. The van der Waals surface area contributed by atoms with Gasteiger partial charge >= 0.3 is 0 Å². The van der Waals surface area contributed by atoms with Crippen LogP contribution >= 0.6 is 11.3 Å². The van der Waals surface area contributed by atoms with E-state index in [1.807, 2.05) is 18.5 Å². The molecule has 0 atom stereocenters. The predicted octanol–water partition coefficient (Wildman–Crippen LogP) is 3.24. The summed E-state index contributed by atoms with van der Waals surface area (Å²) < 4.78 is 11.6. The largest absolute Gasteiger partial charge is 0.371 e. The number of hydrogen-bond acceptors (Lipinski definition) is 7. The van der Waals surface area contributed by atoms with E-state index in [0.29, 0.717) is 0 Å². The molecule has 1 spiro atoms. The summed E-state index contributed by atoms with van der Waals surface area (Å²) in [7, 11) is 0. The van der Waals surface area contributed by atoms with E-state index in [0.717, 1.165) is 55.5 Å². The fraction of sp³-hybridized carbons (Fsp3) is 0.444. The van der Waals surface area contributed by atoms with E-state index in [9.17, 15) is 0 Å². The Hall–Kier alpha value is -1.96. The van der Waals surface area contributed by atoms with Crippen LogP contribution in [-0.2, 0) is 9.47 Å². The number of hydrogen-bond donors (Lipinski definition) is 1. The third-order valence-corrected chi connectivity index (χ3v) is 5.45. The van der Waals surface area contributed by atoms with Gasteiger partial charge in [-0.3, -0.25) is 5.43 Å². The molecule has 2 fully saturated rings. The van der Waals surface area contributed by atoms with Crippen molar-refractivity contribution in [2.24, 2.45) is 5.10 Å². The number of ether oxygens (including phenoxy) is 2. The number of piperidine rings is 1. The lowest BCUT2D eigenvalue weighted by atomic mass is 10.0. The van der Waals surface area contributed by atoms with Gasteiger partial charge in [-0.25, -0.2) is 4.98 Å². The lowest BCUT2D eigenvalue weighted by Gasteiger charge is -2.38. The zero-order valence-electron chi connectivity index (χ0n) is 14.3. The van der Waals surface area contributed by atoms with Gasteiger partial charge in [0.25, 0.3) is 0 Å². The van der Waals surface area contributed by atoms with E-state index in [2.05, 4.69) is 44.7 Å². The summed E-state index contributed by atoms with van der Waals surface area (Å²) in [5, 5.41) is 7.05. The van der Waals surface area contributed by atoms with Gasteiger partial charge in [0.05, 0.1) is 25.1 Å². The van der Waals surface area contributed by atoms with Gasteiger partial charge in [-0.2, -0.15) is 5.10 Å². The Bertz CT molecular complexity index is 728. The maximum atomic E-state index is 5.79. The smallest absolute Gasteiger partial charge is 0.203 e. The van der Waals surface area contributed by atoms with Crippen molar-refractivity contribution in [2.45, 2.75) is 25.6 Å². The van der Waals surface area contributed by atoms with Crippen molar-refractivity contribution in [2.75, 3.05) is 36.6 Å². The lowest BCUT2D eigenvalue weighted by Crippen LogP contribution is -2.45. The molecule has 0 bridgehead atoms. The molecule has 132 valence electrons. The molecular weight excluding hydrogens is 336 g/mol. The van der Waals surface area contributed by atoms with Gasteiger partial charge in [-0.1, -0.05) is 12.1 Å². The van der Waals surface area contributed by atoms with E-state index in [1.54, 1.807) is 11.3 Å². The molecule has 1 N–H and O–H groups in total. The standard InChI is InChI=1S/C18H22N4O2S/c1-14-13-25-17(20-14)21-19-12-15-2-4-16(5-3-15)22-8-6-18(7-9-22)23-10-11-24-18/h2-5,12-13H,6-11H2,1H3,(H,20,21). The number of thiazole rings is 1. The molecule has 0 amide bonds. The molecule has 0 saturated carbocycles. The number of aryl methyl sites for hydroxylation is 1. The van der Waals surface area contributed by atoms with E-state index >= 15 is 0 Å². The van der Waals surface area contributed by atoms with Gasteiger partial charge in [0.2, 0.25) is 5.13 Å². The topological polar surface area (TPSA) is 59.0 Å². The molecule has 2 saturated heterocycles. The minimum absolute atomic E-state index is 0.317. The zero-order chi connectivity index (χ0) is 17.1. The van der Waals surface area contributed by atoms with Crippen LogP contribution in [-0.4, -0.2) is 43.3 Å². The minimum Gasteiger partial charge on any atom is -0.371 e. The highest BCUT2D eigenvalue weighted by molar-refractivity contribution is 7.13. The Kier molecular flexibility index (Phi) is 4.70. The van der Waals surface area contributed by atoms with Crippen molar-refractivity contribution < 1.29 is 9.47 Å². The highest BCUT2D eigenvalue weighted by Gasteiger charge is 2.39. The van der Waals surface area contributed by atoms with E-state index in [-0.39, 0.29) is 5.79 Å². The van der Waals surface area contributed by atoms with Crippen LogP contribution in [0.4, 0.5) is 10.8 Å². The van der Waals surface area contributed by atoms with Gasteiger partial charge in [0, 0.05) is 37.0 Å². The molecule has 3 heterocycles. The Morgan fingerprint density at radius 2 is 1.92 bits per heavy atom. The van der Waals surface area contributed by atoms with Gasteiger partial charge in [0.1, 0.15) is 0 Å². The van der Waals surface area contributed by atoms with Crippen molar-refractivity contribution in [3.05, 3.63) is 40.9 Å². The summed E-state index contributed by atoms with van der Waals surface area (Å²) in [4.78, 5) is 6.70. The van der Waals surface area contributed by atoms with Crippen molar-refractivity contribution in [3.63, 3.8) is 0 Å². The van der Waals surface area contributed by atoms with Gasteiger partial charge in [0.15, 0.2) is 5.79 Å². The lowest BCUT2D eigenvalue weighted by molar-refractivity contribution is -0.169. The number of aromatic nitrogens is 1. The van der Waals surface area contributed by atoms with Crippen LogP contribution < -0.4 is 10.3 Å². The average molecular weight is 358 g/mol. The number of rotatable bonds is 4. The monoisotopic (exact) mass is 358 g/mol. The highest BCUT2D eigenvalue weighted by Crippen LogP contribution is 2.33. The maximum absolute atomic E-state index is 5.79. The van der Waals surface area contributed by atoms with Crippen LogP contribution in [0.5, 0.6) is 0 Å². The first kappa shape index (κ1) is 16.5. The Morgan fingerprint density at radius 1 is 1.20 bits per heavy atom. The number of nitrogens with one attached hydrogen (secondary N) is 1. The minimum atomic E-state index is -0.317. The molecule has 2 aliphatic heterocycles. The molecule has 2 aromatic rings. The van der Waals surface area contributed by atoms with Crippen molar-refractivity contribution in [3.8, 4) is 0 Å². The number of anilines is 2. The van der Waals surface area contributed by atoms with Crippen LogP contribution in [0.25, 0.3) is 0 Å². The third-order valence-electron chi connectivity index (χ3n) is 4.59. The van der Waals surface area contributed by atoms with E-state index in [4.69, 9.17) is 9.47 Å². The molecule has 2 aliphatic rings. The molecule has 7 heteroatoms. The number of hydrazone groups is 1. The first-order valence-corrected chi connectivity index (χ1v) is 9.45. The molecule has 1 aromatic carbocycles. The molecule has 0 unspecified atom stereocenters. The molecule has 25 heavy (non-hydrogen) atoms. The molecule has 1 aromatic heterocycles. The van der Waals surface area contributed by atoms with Crippen LogP contribution in [0.1, 0.15) is 24.1 Å². The van der Waals surface area contributed by atoms with Crippen molar-refractivity contribution in [1.29, 1.82) is 0 Å². The second-order valence-corrected chi connectivity index (χ2v) is 7.21. The average Bonchev–Trinajstić information content (AvgIpc) is 3.26. The Balaban J connectivity index is 1.32. The SMILES string of the molecule is Cc1csc(NN=Cc2ccc(N3CCC4(CC3)OCCO4)cc2)n1. The quantitative estimate of drug-likeness (QED) is 0.672. The highest BCUT2D eigenvalue weighted by atomic mass is 32.1. The first-order valence-electron chi connectivity index (χ1n) is 8.57. The summed E-state index contributed by atoms with van der Waals surface area (Å²) in [6.07, 6.45) is 3.66. The molecule has 4 rings (SSSR count). The van der Waals surface area contributed by atoms with Crippen LogP contribution in [0.3, 0.4) is 0 Å². The number of benzene rings is 1. The molecule has 0 aliphatic carbocycles. The number of nitrogens with zero attached hydrogens (tertiary/aromatic N) is 3. The normalized spacial score (nSPS) is 19.8. The Labute approximate surface area is 151 Å². The molecule has 6 nitrogen and oxygen atoms in total. The van der Waals surface area contributed by atoms with Crippen LogP contribution in [0.2, 0.25) is 0 Å². The van der Waals surface area contributed by atoms with E-state index in [1.165, 1.54) is 5.69 Å². The van der Waals surface area contributed by atoms with Crippen LogP contribution in [0.15, 0.2) is 34.7 Å². The van der Waals surface area contributed by atoms with Gasteiger partial charge in [-0.05, 0) is 24.6 Å².